The molecule has 1 heterocycles. The predicted octanol–water partition coefficient (Wildman–Crippen LogP) is 1.04. The topological polar surface area (TPSA) is 93.1 Å². The Morgan fingerprint density at radius 1 is 1.20 bits per heavy atom. The minimum Gasteiger partial charge on any atom is -0.356 e. The van der Waals surface area contributed by atoms with Crippen molar-refractivity contribution >= 4 is 15.9 Å². The van der Waals surface area contributed by atoms with E-state index in [9.17, 15) is 22.0 Å². The minimum atomic E-state index is -4.00. The summed E-state index contributed by atoms with van der Waals surface area (Å²) in [5.74, 6) is -2.69. The molecule has 2 aromatic rings. The Morgan fingerprint density at radius 2 is 2.00 bits per heavy atom. The second-order valence-electron chi connectivity index (χ2n) is 5.23. The lowest BCUT2D eigenvalue weighted by molar-refractivity contribution is -0.120. The van der Waals surface area contributed by atoms with Gasteiger partial charge in [-0.05, 0) is 24.6 Å². The lowest BCUT2D eigenvalue weighted by Crippen LogP contribution is -2.31. The van der Waals surface area contributed by atoms with Gasteiger partial charge in [-0.15, -0.1) is 0 Å². The summed E-state index contributed by atoms with van der Waals surface area (Å²) in [6.45, 7) is 1.02. The van der Waals surface area contributed by atoms with Gasteiger partial charge in [0.15, 0.2) is 11.6 Å². The summed E-state index contributed by atoms with van der Waals surface area (Å²) in [6, 6.07) is 2.28. The molecule has 10 heteroatoms. The fourth-order valence-electron chi connectivity index (χ4n) is 2.02. The second kappa shape index (κ2) is 8.67. The average Bonchev–Trinajstić information content (AvgIpc) is 3.07. The quantitative estimate of drug-likeness (QED) is 0.643. The molecular formula is C15H18F2N4O3S. The molecule has 7 nitrogen and oxygen atoms in total. The molecule has 25 heavy (non-hydrogen) atoms. The highest BCUT2D eigenvalue weighted by molar-refractivity contribution is 7.89. The van der Waals surface area contributed by atoms with Crippen LogP contribution >= 0.6 is 0 Å². The number of aromatic nitrogens is 2. The zero-order valence-electron chi connectivity index (χ0n) is 13.3. The van der Waals surface area contributed by atoms with E-state index in [4.69, 9.17) is 0 Å². The van der Waals surface area contributed by atoms with Crippen molar-refractivity contribution in [2.75, 3.05) is 13.1 Å². The van der Waals surface area contributed by atoms with Crippen LogP contribution in [0.5, 0.6) is 0 Å². The first-order valence-corrected chi connectivity index (χ1v) is 9.04. The maximum absolute atomic E-state index is 13.1. The molecule has 1 amide bonds. The number of aryl methyl sites for hydroxylation is 1. The van der Waals surface area contributed by atoms with Crippen LogP contribution in [0.2, 0.25) is 0 Å². The maximum Gasteiger partial charge on any atom is 0.240 e. The lowest BCUT2D eigenvalue weighted by Gasteiger charge is -2.08. The van der Waals surface area contributed by atoms with E-state index in [0.717, 1.165) is 12.1 Å². The second-order valence-corrected chi connectivity index (χ2v) is 6.99. The highest BCUT2D eigenvalue weighted by Gasteiger charge is 2.16. The third-order valence-corrected chi connectivity index (χ3v) is 4.78. The van der Waals surface area contributed by atoms with Gasteiger partial charge in [0.25, 0.3) is 0 Å². The Morgan fingerprint density at radius 3 is 2.68 bits per heavy atom. The first-order valence-electron chi connectivity index (χ1n) is 7.55. The molecule has 0 aliphatic carbocycles. The normalized spacial score (nSPS) is 11.4. The summed E-state index contributed by atoms with van der Waals surface area (Å²) in [5.41, 5.74) is 0. The predicted molar refractivity (Wildman–Crippen MR) is 86.0 cm³/mol. The molecule has 0 aliphatic heterocycles. The van der Waals surface area contributed by atoms with Crippen molar-refractivity contribution in [3.63, 3.8) is 0 Å². The van der Waals surface area contributed by atoms with Crippen molar-refractivity contribution in [1.29, 1.82) is 0 Å². The van der Waals surface area contributed by atoms with Crippen LogP contribution in [0.25, 0.3) is 0 Å². The van der Waals surface area contributed by atoms with E-state index < -0.39 is 26.6 Å². The van der Waals surface area contributed by atoms with Crippen LogP contribution < -0.4 is 10.0 Å². The Balaban J connectivity index is 1.69. The summed E-state index contributed by atoms with van der Waals surface area (Å²) in [5, 5.41) is 2.67. The Bertz CT molecular complexity index is 810. The van der Waals surface area contributed by atoms with E-state index in [0.29, 0.717) is 25.6 Å². The number of carbonyl (C=O) groups excluding carboxylic acids is 1. The molecule has 0 saturated carbocycles. The molecule has 0 unspecified atom stereocenters. The Labute approximate surface area is 144 Å². The molecule has 0 aliphatic rings. The van der Waals surface area contributed by atoms with Crippen LogP contribution in [0.15, 0.2) is 41.8 Å². The van der Waals surface area contributed by atoms with Crippen molar-refractivity contribution < 1.29 is 22.0 Å². The van der Waals surface area contributed by atoms with Crippen LogP contribution in [0.4, 0.5) is 8.78 Å². The number of halogens is 2. The van der Waals surface area contributed by atoms with Crippen LogP contribution in [-0.2, 0) is 21.4 Å². The maximum atomic E-state index is 13.1. The van der Waals surface area contributed by atoms with Crippen molar-refractivity contribution in [2.24, 2.45) is 0 Å². The van der Waals surface area contributed by atoms with Crippen molar-refractivity contribution in [2.45, 2.75) is 24.3 Å². The van der Waals surface area contributed by atoms with Crippen LogP contribution in [-0.4, -0.2) is 37.0 Å². The van der Waals surface area contributed by atoms with Gasteiger partial charge in [-0.3, -0.25) is 4.79 Å². The number of imidazole rings is 1. The highest BCUT2D eigenvalue weighted by Crippen LogP contribution is 2.13. The molecule has 0 bridgehead atoms. The van der Waals surface area contributed by atoms with E-state index in [-0.39, 0.29) is 18.9 Å². The zero-order valence-corrected chi connectivity index (χ0v) is 14.1. The molecule has 1 aromatic heterocycles. The largest absolute Gasteiger partial charge is 0.356 e. The van der Waals surface area contributed by atoms with Crippen molar-refractivity contribution in [1.82, 2.24) is 19.6 Å². The number of amides is 1. The molecule has 0 atom stereocenters. The average molecular weight is 372 g/mol. The smallest absolute Gasteiger partial charge is 0.240 e. The van der Waals surface area contributed by atoms with E-state index >= 15 is 0 Å². The number of nitrogens with zero attached hydrogens (tertiary/aromatic N) is 2. The number of rotatable bonds is 9. The molecule has 1 aromatic carbocycles. The molecule has 2 N–H and O–H groups in total. The molecule has 0 spiro atoms. The summed E-state index contributed by atoms with van der Waals surface area (Å²) in [7, 11) is -4.00. The SMILES string of the molecule is O=C(CCNS(=O)(=O)c1ccc(F)c(F)c1)NCCCn1ccnc1. The Hall–Kier alpha value is -2.33. The summed E-state index contributed by atoms with van der Waals surface area (Å²) >= 11 is 0. The van der Waals surface area contributed by atoms with Crippen molar-refractivity contribution in [3.8, 4) is 0 Å². The highest BCUT2D eigenvalue weighted by atomic mass is 32.2. The number of hydrogen-bond acceptors (Lipinski definition) is 4. The number of carbonyl (C=O) groups is 1. The monoisotopic (exact) mass is 372 g/mol. The van der Waals surface area contributed by atoms with Crippen LogP contribution in [0.1, 0.15) is 12.8 Å². The molecular weight excluding hydrogens is 354 g/mol. The fraction of sp³-hybridized carbons (Fsp3) is 0.333. The van der Waals surface area contributed by atoms with E-state index in [2.05, 4.69) is 15.0 Å². The molecule has 0 saturated heterocycles. The standard InChI is InChI=1S/C15H18F2N4O3S/c16-13-3-2-12(10-14(13)17)25(23,24)20-6-4-15(22)19-5-1-8-21-9-7-18-11-21/h2-3,7,9-11,20H,1,4-6,8H2,(H,19,22). The molecule has 0 radical (unpaired) electrons. The number of benzene rings is 1. The van der Waals surface area contributed by atoms with E-state index in [1.165, 1.54) is 0 Å². The van der Waals surface area contributed by atoms with Gasteiger partial charge in [0.2, 0.25) is 15.9 Å². The van der Waals surface area contributed by atoms with Gasteiger partial charge in [-0.1, -0.05) is 0 Å². The molecule has 0 fully saturated rings. The molecule has 2 rings (SSSR count). The third-order valence-electron chi connectivity index (χ3n) is 3.32. The summed E-state index contributed by atoms with van der Waals surface area (Å²) in [4.78, 5) is 15.2. The van der Waals surface area contributed by atoms with Gasteiger partial charge in [0.1, 0.15) is 0 Å². The van der Waals surface area contributed by atoms with Gasteiger partial charge in [-0.25, -0.2) is 26.9 Å². The Kier molecular flexibility index (Phi) is 6.59. The summed E-state index contributed by atoms with van der Waals surface area (Å²) < 4.78 is 53.8. The first-order chi connectivity index (χ1) is 11.9. The van der Waals surface area contributed by atoms with Gasteiger partial charge in [0.05, 0.1) is 11.2 Å². The minimum absolute atomic E-state index is 0.0615. The van der Waals surface area contributed by atoms with Gasteiger partial charge in [0, 0.05) is 38.4 Å². The number of nitrogens with one attached hydrogen (secondary N) is 2. The van der Waals surface area contributed by atoms with E-state index in [1.807, 2.05) is 10.8 Å². The van der Waals surface area contributed by atoms with Gasteiger partial charge in [-0.2, -0.15) is 0 Å². The van der Waals surface area contributed by atoms with Gasteiger partial charge < -0.3 is 9.88 Å². The van der Waals surface area contributed by atoms with Crippen LogP contribution in [0, 0.1) is 11.6 Å². The van der Waals surface area contributed by atoms with Crippen molar-refractivity contribution in [3.05, 3.63) is 48.6 Å². The lowest BCUT2D eigenvalue weighted by atomic mass is 10.3. The number of sulfonamides is 1. The first kappa shape index (κ1) is 19.0. The van der Waals surface area contributed by atoms with Crippen LogP contribution in [0.3, 0.4) is 0 Å². The summed E-state index contributed by atoms with van der Waals surface area (Å²) in [6.07, 6.45) is 5.80. The zero-order chi connectivity index (χ0) is 18.3. The fourth-order valence-corrected chi connectivity index (χ4v) is 3.07. The molecule has 136 valence electrons. The van der Waals surface area contributed by atoms with Gasteiger partial charge >= 0.3 is 0 Å². The third kappa shape index (κ3) is 5.91. The number of hydrogen-bond donors (Lipinski definition) is 2. The van der Waals surface area contributed by atoms with E-state index in [1.54, 1.807) is 12.5 Å².